The molecular formula is C22H22ClN3O7. The van der Waals surface area contributed by atoms with Crippen LogP contribution in [0.4, 0.5) is 5.69 Å². The number of amides is 1. The fourth-order valence-corrected chi connectivity index (χ4v) is 3.90. The van der Waals surface area contributed by atoms with E-state index < -0.39 is 28.2 Å². The fourth-order valence-electron chi connectivity index (χ4n) is 3.73. The van der Waals surface area contributed by atoms with Crippen molar-refractivity contribution in [3.63, 3.8) is 0 Å². The molecule has 1 amide bonds. The number of Topliss-reactive ketones (excluding diaryl/α,β-unsaturated/α-hetero) is 1. The minimum atomic E-state index is -1.60. The highest BCUT2D eigenvalue weighted by Crippen LogP contribution is 2.25. The Bertz CT molecular complexity index is 1140. The van der Waals surface area contributed by atoms with E-state index in [0.29, 0.717) is 12.8 Å². The van der Waals surface area contributed by atoms with Gasteiger partial charge in [-0.1, -0.05) is 23.7 Å². The van der Waals surface area contributed by atoms with E-state index in [4.69, 9.17) is 16.3 Å². The Kier molecular flexibility index (Phi) is 7.59. The molecule has 1 fully saturated rings. The molecule has 0 spiro atoms. The second-order valence-corrected chi connectivity index (χ2v) is 7.96. The van der Waals surface area contributed by atoms with Crippen LogP contribution in [0.2, 0.25) is 5.02 Å². The van der Waals surface area contributed by atoms with Gasteiger partial charge in [0.1, 0.15) is 0 Å². The van der Waals surface area contributed by atoms with E-state index in [9.17, 15) is 29.3 Å². The summed E-state index contributed by atoms with van der Waals surface area (Å²) in [5.74, 6) is -2.12. The number of carbonyl (C=O) groups is 3. The quantitative estimate of drug-likeness (QED) is 0.198. The number of ketones is 1. The average Bonchev–Trinajstić information content (AvgIpc) is 2.81. The van der Waals surface area contributed by atoms with Gasteiger partial charge in [-0.2, -0.15) is 0 Å². The molecule has 0 saturated carbocycles. The SMILES string of the molecule is CCOC(=O)C1CCN(C(=O)[C@H](C(=O)c2cccc([N+](=O)[O-])c2)n2cc(Cl)ccc2=O)CC1. The number of esters is 1. The molecule has 174 valence electrons. The van der Waals surface area contributed by atoms with Gasteiger partial charge < -0.3 is 9.64 Å². The lowest BCUT2D eigenvalue weighted by molar-refractivity contribution is -0.384. The predicted molar refractivity (Wildman–Crippen MR) is 118 cm³/mol. The van der Waals surface area contributed by atoms with Crippen molar-refractivity contribution in [3.05, 3.63) is 73.6 Å². The van der Waals surface area contributed by atoms with Crippen molar-refractivity contribution in [2.24, 2.45) is 5.92 Å². The molecule has 3 rings (SSSR count). The number of benzene rings is 1. The summed E-state index contributed by atoms with van der Waals surface area (Å²) in [5, 5.41) is 11.3. The molecule has 1 aliphatic rings. The van der Waals surface area contributed by atoms with Crippen LogP contribution in [-0.4, -0.2) is 51.7 Å². The minimum Gasteiger partial charge on any atom is -0.466 e. The summed E-state index contributed by atoms with van der Waals surface area (Å²) >= 11 is 6.02. The Labute approximate surface area is 193 Å². The summed E-state index contributed by atoms with van der Waals surface area (Å²) in [4.78, 5) is 63.3. The summed E-state index contributed by atoms with van der Waals surface area (Å²) < 4.78 is 5.97. The zero-order valence-corrected chi connectivity index (χ0v) is 18.6. The molecule has 1 aromatic carbocycles. The number of hydrogen-bond acceptors (Lipinski definition) is 7. The highest BCUT2D eigenvalue weighted by molar-refractivity contribution is 6.30. The monoisotopic (exact) mass is 475 g/mol. The molecular weight excluding hydrogens is 454 g/mol. The smallest absolute Gasteiger partial charge is 0.309 e. The van der Waals surface area contributed by atoms with E-state index in [1.807, 2.05) is 0 Å². The molecule has 1 aliphatic heterocycles. The van der Waals surface area contributed by atoms with Crippen molar-refractivity contribution in [1.29, 1.82) is 0 Å². The summed E-state index contributed by atoms with van der Waals surface area (Å²) in [5.41, 5.74) is -1.03. The lowest BCUT2D eigenvalue weighted by Gasteiger charge is -2.33. The maximum absolute atomic E-state index is 13.5. The van der Waals surface area contributed by atoms with Crippen LogP contribution >= 0.6 is 11.6 Å². The van der Waals surface area contributed by atoms with Crippen molar-refractivity contribution in [2.45, 2.75) is 25.8 Å². The van der Waals surface area contributed by atoms with Crippen molar-refractivity contribution >= 4 is 34.9 Å². The fraction of sp³-hybridized carbons (Fsp3) is 0.364. The van der Waals surface area contributed by atoms with Gasteiger partial charge in [0.05, 0.1) is 22.5 Å². The zero-order chi connectivity index (χ0) is 24.1. The molecule has 10 nitrogen and oxygen atoms in total. The Morgan fingerprint density at radius 2 is 1.91 bits per heavy atom. The molecule has 1 saturated heterocycles. The number of ether oxygens (including phenoxy) is 1. The molecule has 33 heavy (non-hydrogen) atoms. The van der Waals surface area contributed by atoms with Gasteiger partial charge >= 0.3 is 5.97 Å². The van der Waals surface area contributed by atoms with Gasteiger partial charge in [0, 0.05) is 43.0 Å². The predicted octanol–water partition coefficient (Wildman–Crippen LogP) is 2.64. The van der Waals surface area contributed by atoms with E-state index in [0.717, 1.165) is 16.7 Å². The largest absolute Gasteiger partial charge is 0.466 e. The molecule has 0 bridgehead atoms. The number of rotatable bonds is 7. The third kappa shape index (κ3) is 5.46. The van der Waals surface area contributed by atoms with Crippen LogP contribution in [0.25, 0.3) is 0 Å². The highest BCUT2D eigenvalue weighted by Gasteiger charge is 2.37. The van der Waals surface area contributed by atoms with Gasteiger partial charge in [-0.05, 0) is 25.8 Å². The summed E-state index contributed by atoms with van der Waals surface area (Å²) in [7, 11) is 0. The van der Waals surface area contributed by atoms with E-state index in [1.165, 1.54) is 35.4 Å². The number of piperidine rings is 1. The van der Waals surface area contributed by atoms with Gasteiger partial charge in [-0.3, -0.25) is 33.9 Å². The number of aromatic nitrogens is 1. The number of nitrogens with zero attached hydrogens (tertiary/aromatic N) is 3. The van der Waals surface area contributed by atoms with Crippen molar-refractivity contribution in [1.82, 2.24) is 9.47 Å². The molecule has 0 aliphatic carbocycles. The first-order valence-corrected chi connectivity index (χ1v) is 10.7. The number of non-ortho nitro benzene ring substituents is 1. The number of likely N-dealkylation sites (tertiary alicyclic amines) is 1. The topological polar surface area (TPSA) is 129 Å². The van der Waals surface area contributed by atoms with E-state index in [-0.39, 0.29) is 47.9 Å². The van der Waals surface area contributed by atoms with Gasteiger partial charge in [-0.15, -0.1) is 0 Å². The van der Waals surface area contributed by atoms with Crippen LogP contribution in [-0.2, 0) is 14.3 Å². The van der Waals surface area contributed by atoms with Gasteiger partial charge in [0.2, 0.25) is 0 Å². The molecule has 0 unspecified atom stereocenters. The Balaban J connectivity index is 1.94. The van der Waals surface area contributed by atoms with E-state index in [2.05, 4.69) is 0 Å². The molecule has 1 atom stereocenters. The number of pyridine rings is 1. The first-order chi connectivity index (χ1) is 15.7. The summed E-state index contributed by atoms with van der Waals surface area (Å²) in [6.45, 7) is 2.35. The number of hydrogen-bond donors (Lipinski definition) is 0. The lowest BCUT2D eigenvalue weighted by atomic mass is 9.95. The van der Waals surface area contributed by atoms with Gasteiger partial charge in [0.25, 0.3) is 17.2 Å². The highest BCUT2D eigenvalue weighted by atomic mass is 35.5. The van der Waals surface area contributed by atoms with Crippen molar-refractivity contribution in [2.75, 3.05) is 19.7 Å². The molecule has 1 aromatic heterocycles. The van der Waals surface area contributed by atoms with E-state index >= 15 is 0 Å². The molecule has 2 aromatic rings. The van der Waals surface area contributed by atoms with Crippen LogP contribution in [0, 0.1) is 16.0 Å². The van der Waals surface area contributed by atoms with Gasteiger partial charge in [0.15, 0.2) is 11.8 Å². The minimum absolute atomic E-state index is 0.0872. The number of nitro groups is 1. The molecule has 2 heterocycles. The van der Waals surface area contributed by atoms with Crippen LogP contribution in [0.1, 0.15) is 36.2 Å². The summed E-state index contributed by atoms with van der Waals surface area (Å²) in [6, 6.07) is 5.83. The Hall–Kier alpha value is -3.53. The zero-order valence-electron chi connectivity index (χ0n) is 17.8. The van der Waals surface area contributed by atoms with Crippen LogP contribution in [0.15, 0.2) is 47.4 Å². The average molecular weight is 476 g/mol. The standard InChI is InChI=1S/C22H22ClN3O7/c1-2-33-22(30)14-8-10-24(11-9-14)21(29)19(25-13-16(23)6-7-18(25)27)20(28)15-4-3-5-17(12-15)26(31)32/h3-7,12-14,19H,2,8-11H2,1H3/t19-/m0/s1. The maximum atomic E-state index is 13.5. The maximum Gasteiger partial charge on any atom is 0.309 e. The lowest BCUT2D eigenvalue weighted by Crippen LogP contribution is -2.47. The third-order valence-electron chi connectivity index (χ3n) is 5.43. The van der Waals surface area contributed by atoms with Gasteiger partial charge in [-0.25, -0.2) is 0 Å². The Morgan fingerprint density at radius 1 is 1.21 bits per heavy atom. The van der Waals surface area contributed by atoms with Crippen LogP contribution in [0.3, 0.4) is 0 Å². The molecule has 11 heteroatoms. The second-order valence-electron chi connectivity index (χ2n) is 7.52. The third-order valence-corrected chi connectivity index (χ3v) is 5.65. The normalized spacial score (nSPS) is 15.0. The first-order valence-electron chi connectivity index (χ1n) is 10.3. The van der Waals surface area contributed by atoms with Crippen molar-refractivity contribution < 1.29 is 24.0 Å². The Morgan fingerprint density at radius 3 is 2.55 bits per heavy atom. The number of halogens is 1. The van der Waals surface area contributed by atoms with Crippen molar-refractivity contribution in [3.8, 4) is 0 Å². The first kappa shape index (κ1) is 24.1. The van der Waals surface area contributed by atoms with Crippen LogP contribution in [0.5, 0.6) is 0 Å². The molecule has 0 radical (unpaired) electrons. The number of nitro benzene ring substituents is 1. The number of carbonyl (C=O) groups excluding carboxylic acids is 3. The van der Waals surface area contributed by atoms with Crippen LogP contribution < -0.4 is 5.56 Å². The molecule has 0 N–H and O–H groups in total. The summed E-state index contributed by atoms with van der Waals surface area (Å²) in [6.07, 6.45) is 1.90. The second kappa shape index (κ2) is 10.4. The van der Waals surface area contributed by atoms with E-state index in [1.54, 1.807) is 6.92 Å².